The highest BCUT2D eigenvalue weighted by atomic mass is 19.4. The summed E-state index contributed by atoms with van der Waals surface area (Å²) in [5.41, 5.74) is -0.437. The second kappa shape index (κ2) is 9.03. The van der Waals surface area contributed by atoms with E-state index in [4.69, 9.17) is 4.74 Å². The van der Waals surface area contributed by atoms with Gasteiger partial charge in [-0.2, -0.15) is 28.1 Å². The van der Waals surface area contributed by atoms with Crippen LogP contribution in [0.2, 0.25) is 0 Å². The van der Waals surface area contributed by atoms with Gasteiger partial charge in [-0.3, -0.25) is 0 Å². The molecule has 0 radical (unpaired) electrons. The fraction of sp³-hybridized carbons (Fsp3) is 0.550. The van der Waals surface area contributed by atoms with E-state index in [0.29, 0.717) is 38.2 Å². The number of nitrogens with one attached hydrogen (secondary N) is 1. The Labute approximate surface area is 173 Å². The second-order valence-electron chi connectivity index (χ2n) is 7.46. The van der Waals surface area contributed by atoms with Crippen molar-refractivity contribution in [2.45, 2.75) is 31.9 Å². The summed E-state index contributed by atoms with van der Waals surface area (Å²) in [6.07, 6.45) is 0.0668. The van der Waals surface area contributed by atoms with Crippen LogP contribution in [0, 0.1) is 0 Å². The quantitative estimate of drug-likeness (QED) is 0.803. The van der Waals surface area contributed by atoms with Gasteiger partial charge in [0.1, 0.15) is 0 Å². The fourth-order valence-corrected chi connectivity index (χ4v) is 3.63. The molecule has 3 heterocycles. The number of alkyl halides is 3. The van der Waals surface area contributed by atoms with E-state index in [2.05, 4.69) is 25.2 Å². The number of anilines is 4. The van der Waals surface area contributed by atoms with Gasteiger partial charge >= 0.3 is 6.18 Å². The molecule has 4 rings (SSSR count). The van der Waals surface area contributed by atoms with Gasteiger partial charge < -0.3 is 19.9 Å². The molecule has 0 unspecified atom stereocenters. The topological polar surface area (TPSA) is 66.4 Å². The van der Waals surface area contributed by atoms with Crippen LogP contribution in [0.25, 0.3) is 0 Å². The van der Waals surface area contributed by atoms with Crippen molar-refractivity contribution in [2.24, 2.45) is 0 Å². The highest BCUT2D eigenvalue weighted by molar-refractivity contribution is 5.57. The van der Waals surface area contributed by atoms with E-state index in [1.807, 2.05) is 4.90 Å². The summed E-state index contributed by atoms with van der Waals surface area (Å²) in [4.78, 5) is 17.9. The average molecular weight is 422 g/mol. The molecule has 0 spiro atoms. The summed E-state index contributed by atoms with van der Waals surface area (Å²) >= 11 is 0. The zero-order valence-corrected chi connectivity index (χ0v) is 16.7. The molecule has 10 heteroatoms. The van der Waals surface area contributed by atoms with Crippen molar-refractivity contribution in [2.75, 3.05) is 54.5 Å². The van der Waals surface area contributed by atoms with E-state index >= 15 is 0 Å². The van der Waals surface area contributed by atoms with Gasteiger partial charge in [0.15, 0.2) is 0 Å². The molecular weight excluding hydrogens is 397 g/mol. The van der Waals surface area contributed by atoms with Crippen LogP contribution >= 0.6 is 0 Å². The summed E-state index contributed by atoms with van der Waals surface area (Å²) in [5.74, 6) is 1.31. The summed E-state index contributed by atoms with van der Waals surface area (Å²) in [5, 5.41) is 2.94. The van der Waals surface area contributed by atoms with Crippen LogP contribution in [0.5, 0.6) is 0 Å². The molecule has 0 atom stereocenters. The molecule has 2 fully saturated rings. The predicted molar refractivity (Wildman–Crippen MR) is 108 cm³/mol. The van der Waals surface area contributed by atoms with Gasteiger partial charge in [0.2, 0.25) is 17.8 Å². The normalized spacial score (nSPS) is 18.2. The first kappa shape index (κ1) is 20.6. The number of benzene rings is 1. The van der Waals surface area contributed by atoms with E-state index in [1.165, 1.54) is 18.9 Å². The van der Waals surface area contributed by atoms with Crippen molar-refractivity contribution in [3.63, 3.8) is 0 Å². The number of hydrogen-bond donors (Lipinski definition) is 1. The molecule has 162 valence electrons. The lowest BCUT2D eigenvalue weighted by Crippen LogP contribution is -2.38. The van der Waals surface area contributed by atoms with Gasteiger partial charge in [0.05, 0.1) is 18.8 Å². The van der Waals surface area contributed by atoms with E-state index in [1.54, 1.807) is 6.07 Å². The Morgan fingerprint density at radius 2 is 1.47 bits per heavy atom. The Morgan fingerprint density at radius 1 is 0.833 bits per heavy atom. The van der Waals surface area contributed by atoms with E-state index in [9.17, 15) is 13.2 Å². The zero-order chi connectivity index (χ0) is 21.0. The van der Waals surface area contributed by atoms with Crippen LogP contribution in [0.3, 0.4) is 0 Å². The maximum atomic E-state index is 13.1. The van der Waals surface area contributed by atoms with Crippen LogP contribution in [-0.4, -0.2) is 54.3 Å². The van der Waals surface area contributed by atoms with E-state index in [-0.39, 0.29) is 11.6 Å². The molecule has 30 heavy (non-hydrogen) atoms. The van der Waals surface area contributed by atoms with Crippen molar-refractivity contribution in [3.05, 3.63) is 29.8 Å². The molecule has 2 saturated heterocycles. The first-order chi connectivity index (χ1) is 14.5. The second-order valence-corrected chi connectivity index (χ2v) is 7.46. The maximum absolute atomic E-state index is 13.1. The molecule has 2 aromatic rings. The standard InChI is InChI=1S/C20H25F3N6O/c21-20(22,23)15-6-5-7-16(14-15)24-17-25-18(28-8-3-1-2-4-9-28)27-19(26-17)29-10-12-30-13-11-29/h5-7,14H,1-4,8-13H2,(H,24,25,26,27). The number of rotatable bonds is 4. The maximum Gasteiger partial charge on any atom is 0.416 e. The van der Waals surface area contributed by atoms with Crippen LogP contribution in [0.1, 0.15) is 31.2 Å². The number of hydrogen-bond acceptors (Lipinski definition) is 7. The van der Waals surface area contributed by atoms with Crippen molar-refractivity contribution < 1.29 is 17.9 Å². The molecule has 0 aliphatic carbocycles. The lowest BCUT2D eigenvalue weighted by atomic mass is 10.2. The third-order valence-electron chi connectivity index (χ3n) is 5.24. The lowest BCUT2D eigenvalue weighted by molar-refractivity contribution is -0.137. The smallest absolute Gasteiger partial charge is 0.378 e. The van der Waals surface area contributed by atoms with Gasteiger partial charge in [-0.05, 0) is 31.0 Å². The number of halogens is 3. The molecule has 1 aromatic carbocycles. The summed E-state index contributed by atoms with van der Waals surface area (Å²) in [7, 11) is 0. The Bertz CT molecular complexity index is 849. The Hall–Kier alpha value is -2.62. The molecule has 2 aliphatic heterocycles. The van der Waals surface area contributed by atoms with Gasteiger partial charge in [0, 0.05) is 31.9 Å². The fourth-order valence-electron chi connectivity index (χ4n) is 3.63. The van der Waals surface area contributed by atoms with Gasteiger partial charge in [-0.25, -0.2) is 0 Å². The number of ether oxygens (including phenoxy) is 1. The third kappa shape index (κ3) is 5.10. The largest absolute Gasteiger partial charge is 0.416 e. The number of nitrogens with zero attached hydrogens (tertiary/aromatic N) is 5. The minimum atomic E-state index is -4.41. The van der Waals surface area contributed by atoms with Crippen LogP contribution in [0.4, 0.5) is 36.7 Å². The summed E-state index contributed by atoms with van der Waals surface area (Å²) < 4.78 is 44.6. The molecule has 1 N–H and O–H groups in total. The molecule has 0 amide bonds. The molecule has 2 aliphatic rings. The van der Waals surface area contributed by atoms with Gasteiger partial charge in [-0.1, -0.05) is 18.9 Å². The number of morpholine rings is 1. The minimum Gasteiger partial charge on any atom is -0.378 e. The monoisotopic (exact) mass is 422 g/mol. The van der Waals surface area contributed by atoms with Crippen molar-refractivity contribution in [1.29, 1.82) is 0 Å². The van der Waals surface area contributed by atoms with Crippen LogP contribution in [0.15, 0.2) is 24.3 Å². The highest BCUT2D eigenvalue weighted by Crippen LogP contribution is 2.31. The van der Waals surface area contributed by atoms with Gasteiger partial charge in [0.25, 0.3) is 0 Å². The van der Waals surface area contributed by atoms with Crippen LogP contribution in [-0.2, 0) is 10.9 Å². The first-order valence-corrected chi connectivity index (χ1v) is 10.3. The predicted octanol–water partition coefficient (Wildman–Crippen LogP) is 3.85. The van der Waals surface area contributed by atoms with Crippen LogP contribution < -0.4 is 15.1 Å². The summed E-state index contributed by atoms with van der Waals surface area (Å²) in [6, 6.07) is 5.04. The van der Waals surface area contributed by atoms with Crippen molar-refractivity contribution >= 4 is 23.5 Å². The Kier molecular flexibility index (Phi) is 6.21. The average Bonchev–Trinajstić information content (AvgIpc) is 3.03. The molecule has 0 bridgehead atoms. The van der Waals surface area contributed by atoms with Gasteiger partial charge in [-0.15, -0.1) is 0 Å². The Morgan fingerprint density at radius 3 is 2.10 bits per heavy atom. The first-order valence-electron chi connectivity index (χ1n) is 10.3. The SMILES string of the molecule is FC(F)(F)c1cccc(Nc2nc(N3CCCCCC3)nc(N3CCOCC3)n2)c1. The highest BCUT2D eigenvalue weighted by Gasteiger charge is 2.30. The lowest BCUT2D eigenvalue weighted by Gasteiger charge is -2.28. The van der Waals surface area contributed by atoms with Crippen molar-refractivity contribution in [3.8, 4) is 0 Å². The minimum absolute atomic E-state index is 0.241. The molecular formula is C20H25F3N6O. The van der Waals surface area contributed by atoms with Crippen molar-refractivity contribution in [1.82, 2.24) is 15.0 Å². The summed E-state index contributed by atoms with van der Waals surface area (Å²) in [6.45, 7) is 4.20. The third-order valence-corrected chi connectivity index (χ3v) is 5.24. The van der Waals surface area contributed by atoms with E-state index in [0.717, 1.165) is 38.1 Å². The zero-order valence-electron chi connectivity index (χ0n) is 16.7. The molecule has 0 saturated carbocycles. The Balaban J connectivity index is 1.64. The van der Waals surface area contributed by atoms with E-state index < -0.39 is 11.7 Å². The number of aromatic nitrogens is 3. The molecule has 1 aromatic heterocycles. The molecule has 7 nitrogen and oxygen atoms in total.